The maximum Gasteiger partial charge on any atom is 0.317 e. The average molecular weight is 288 g/mol. The maximum absolute atomic E-state index is 11.2. The van der Waals surface area contributed by atoms with Crippen LogP contribution >= 0.6 is 0 Å². The standard InChI is InChI=1S/C15H20N4O2/c1-11-13(9-6-10-21-2)18-19(14(11)17-15(16)20)12-7-4-3-5-8-12/h3-5,7-8H,6,9-10H2,1-2H3,(H3,16,17,20). The molecule has 2 amide bonds. The van der Waals surface area contributed by atoms with E-state index in [1.165, 1.54) is 0 Å². The van der Waals surface area contributed by atoms with Crippen LogP contribution in [0.5, 0.6) is 0 Å². The molecule has 0 bridgehead atoms. The van der Waals surface area contributed by atoms with Gasteiger partial charge in [-0.05, 0) is 31.9 Å². The monoisotopic (exact) mass is 288 g/mol. The summed E-state index contributed by atoms with van der Waals surface area (Å²) in [6.45, 7) is 2.61. The second-order valence-corrected chi connectivity index (χ2v) is 4.75. The predicted octanol–water partition coefficient (Wildman–Crippen LogP) is 2.25. The van der Waals surface area contributed by atoms with Crippen LogP contribution in [0.15, 0.2) is 30.3 Å². The molecule has 0 unspecified atom stereocenters. The van der Waals surface area contributed by atoms with Gasteiger partial charge in [0, 0.05) is 19.3 Å². The number of urea groups is 1. The van der Waals surface area contributed by atoms with Gasteiger partial charge in [0.15, 0.2) is 0 Å². The van der Waals surface area contributed by atoms with E-state index in [2.05, 4.69) is 10.4 Å². The van der Waals surface area contributed by atoms with Gasteiger partial charge in [-0.15, -0.1) is 0 Å². The molecule has 1 aromatic carbocycles. The van der Waals surface area contributed by atoms with E-state index in [9.17, 15) is 4.79 Å². The molecule has 112 valence electrons. The van der Waals surface area contributed by atoms with Crippen LogP contribution < -0.4 is 11.1 Å². The highest BCUT2D eigenvalue weighted by Gasteiger charge is 2.16. The second-order valence-electron chi connectivity index (χ2n) is 4.75. The van der Waals surface area contributed by atoms with Crippen LogP contribution in [-0.4, -0.2) is 29.5 Å². The zero-order valence-corrected chi connectivity index (χ0v) is 12.3. The lowest BCUT2D eigenvalue weighted by atomic mass is 10.1. The summed E-state index contributed by atoms with van der Waals surface area (Å²) >= 11 is 0. The van der Waals surface area contributed by atoms with Gasteiger partial charge in [-0.3, -0.25) is 5.32 Å². The molecule has 1 heterocycles. The average Bonchev–Trinajstić information content (AvgIpc) is 2.77. The molecule has 0 spiro atoms. The number of carbonyl (C=O) groups is 1. The number of nitrogens with one attached hydrogen (secondary N) is 1. The number of aromatic nitrogens is 2. The first-order valence-electron chi connectivity index (χ1n) is 6.82. The lowest BCUT2D eigenvalue weighted by Gasteiger charge is -2.07. The van der Waals surface area contributed by atoms with Gasteiger partial charge >= 0.3 is 6.03 Å². The highest BCUT2D eigenvalue weighted by Crippen LogP contribution is 2.24. The molecule has 3 N–H and O–H groups in total. The fourth-order valence-electron chi connectivity index (χ4n) is 2.18. The molecule has 0 saturated heterocycles. The Labute approximate surface area is 123 Å². The summed E-state index contributed by atoms with van der Waals surface area (Å²) in [5, 5.41) is 7.25. The quantitative estimate of drug-likeness (QED) is 0.800. The molecule has 2 rings (SSSR count). The van der Waals surface area contributed by atoms with Crippen molar-refractivity contribution in [3.63, 3.8) is 0 Å². The zero-order chi connectivity index (χ0) is 15.2. The van der Waals surface area contributed by atoms with Crippen molar-refractivity contribution in [1.29, 1.82) is 0 Å². The number of primary amides is 1. The molecule has 6 heteroatoms. The summed E-state index contributed by atoms with van der Waals surface area (Å²) in [4.78, 5) is 11.2. The summed E-state index contributed by atoms with van der Waals surface area (Å²) in [6.07, 6.45) is 1.66. The molecule has 0 saturated carbocycles. The molecule has 0 aliphatic rings. The number of nitrogens with two attached hydrogens (primary N) is 1. The molecular weight excluding hydrogens is 268 g/mol. The minimum Gasteiger partial charge on any atom is -0.385 e. The van der Waals surface area contributed by atoms with Crippen molar-refractivity contribution in [3.8, 4) is 5.69 Å². The van der Waals surface area contributed by atoms with E-state index in [0.29, 0.717) is 12.4 Å². The number of methoxy groups -OCH3 is 1. The smallest absolute Gasteiger partial charge is 0.317 e. The van der Waals surface area contributed by atoms with E-state index in [1.807, 2.05) is 37.3 Å². The number of nitrogens with zero attached hydrogens (tertiary/aromatic N) is 2. The number of hydrogen-bond donors (Lipinski definition) is 2. The fourth-order valence-corrected chi connectivity index (χ4v) is 2.18. The van der Waals surface area contributed by atoms with Gasteiger partial charge < -0.3 is 10.5 Å². The van der Waals surface area contributed by atoms with Gasteiger partial charge in [0.05, 0.1) is 11.4 Å². The van der Waals surface area contributed by atoms with Crippen molar-refractivity contribution in [2.75, 3.05) is 19.0 Å². The molecule has 21 heavy (non-hydrogen) atoms. The van der Waals surface area contributed by atoms with Crippen molar-refractivity contribution in [3.05, 3.63) is 41.6 Å². The van der Waals surface area contributed by atoms with Crippen LogP contribution in [-0.2, 0) is 11.2 Å². The van der Waals surface area contributed by atoms with E-state index in [0.717, 1.165) is 29.8 Å². The Hall–Kier alpha value is -2.34. The Morgan fingerprint density at radius 3 is 2.71 bits per heavy atom. The molecule has 2 aromatic rings. The van der Waals surface area contributed by atoms with Gasteiger partial charge in [0.25, 0.3) is 0 Å². The number of rotatable bonds is 6. The largest absolute Gasteiger partial charge is 0.385 e. The third-order valence-electron chi connectivity index (χ3n) is 3.22. The van der Waals surface area contributed by atoms with Crippen LogP contribution in [0, 0.1) is 6.92 Å². The van der Waals surface area contributed by atoms with Crippen LogP contribution in [0.3, 0.4) is 0 Å². The van der Waals surface area contributed by atoms with Crippen molar-refractivity contribution in [2.24, 2.45) is 5.73 Å². The lowest BCUT2D eigenvalue weighted by molar-refractivity contribution is 0.195. The summed E-state index contributed by atoms with van der Waals surface area (Å²) < 4.78 is 6.78. The Bertz CT molecular complexity index is 608. The molecule has 0 fully saturated rings. The van der Waals surface area contributed by atoms with Gasteiger partial charge in [0.2, 0.25) is 0 Å². The minimum absolute atomic E-state index is 0.598. The van der Waals surface area contributed by atoms with E-state index in [1.54, 1.807) is 11.8 Å². The third kappa shape index (κ3) is 3.61. The summed E-state index contributed by atoms with van der Waals surface area (Å²) in [5.74, 6) is 0.612. The Morgan fingerprint density at radius 1 is 1.38 bits per heavy atom. The van der Waals surface area contributed by atoms with E-state index >= 15 is 0 Å². The number of benzene rings is 1. The molecule has 1 aromatic heterocycles. The van der Waals surface area contributed by atoms with Crippen molar-refractivity contribution < 1.29 is 9.53 Å². The predicted molar refractivity (Wildman–Crippen MR) is 81.7 cm³/mol. The van der Waals surface area contributed by atoms with Crippen LogP contribution in [0.4, 0.5) is 10.6 Å². The van der Waals surface area contributed by atoms with Crippen LogP contribution in [0.1, 0.15) is 17.7 Å². The van der Waals surface area contributed by atoms with Crippen molar-refractivity contribution >= 4 is 11.8 Å². The Balaban J connectivity index is 2.37. The third-order valence-corrected chi connectivity index (χ3v) is 3.22. The zero-order valence-electron chi connectivity index (χ0n) is 12.3. The minimum atomic E-state index is -0.598. The first kappa shape index (κ1) is 15.1. The van der Waals surface area contributed by atoms with Crippen molar-refractivity contribution in [2.45, 2.75) is 19.8 Å². The number of aryl methyl sites for hydroxylation is 1. The number of carbonyl (C=O) groups excluding carboxylic acids is 1. The molecule has 0 radical (unpaired) electrons. The van der Waals surface area contributed by atoms with E-state index in [-0.39, 0.29) is 0 Å². The van der Waals surface area contributed by atoms with E-state index < -0.39 is 6.03 Å². The molecular formula is C15H20N4O2. The lowest BCUT2D eigenvalue weighted by Crippen LogP contribution is -2.21. The first-order valence-corrected chi connectivity index (χ1v) is 6.82. The van der Waals surface area contributed by atoms with E-state index in [4.69, 9.17) is 10.5 Å². The molecule has 0 aliphatic carbocycles. The normalized spacial score (nSPS) is 10.6. The number of hydrogen-bond acceptors (Lipinski definition) is 3. The first-order chi connectivity index (χ1) is 10.1. The highest BCUT2D eigenvalue weighted by molar-refractivity contribution is 5.88. The topological polar surface area (TPSA) is 82.2 Å². The van der Waals surface area contributed by atoms with Gasteiger partial charge in [-0.2, -0.15) is 5.10 Å². The molecule has 6 nitrogen and oxygen atoms in total. The van der Waals surface area contributed by atoms with Gasteiger partial charge in [-0.25, -0.2) is 9.48 Å². The molecule has 0 atom stereocenters. The van der Waals surface area contributed by atoms with Crippen LogP contribution in [0.2, 0.25) is 0 Å². The highest BCUT2D eigenvalue weighted by atomic mass is 16.5. The Morgan fingerprint density at radius 2 is 2.10 bits per heavy atom. The van der Waals surface area contributed by atoms with Crippen LogP contribution in [0.25, 0.3) is 5.69 Å². The summed E-state index contributed by atoms with van der Waals surface area (Å²) in [5.41, 5.74) is 7.99. The second kappa shape index (κ2) is 6.90. The number of amides is 2. The summed E-state index contributed by atoms with van der Waals surface area (Å²) in [7, 11) is 1.68. The molecule has 0 aliphatic heterocycles. The van der Waals surface area contributed by atoms with Gasteiger partial charge in [-0.1, -0.05) is 18.2 Å². The number of ether oxygens (including phenoxy) is 1. The fraction of sp³-hybridized carbons (Fsp3) is 0.333. The summed E-state index contributed by atoms with van der Waals surface area (Å²) in [6, 6.07) is 9.03. The van der Waals surface area contributed by atoms with Gasteiger partial charge in [0.1, 0.15) is 5.82 Å². The number of anilines is 1. The SMILES string of the molecule is COCCCc1nn(-c2ccccc2)c(NC(N)=O)c1C. The maximum atomic E-state index is 11.2. The van der Waals surface area contributed by atoms with Crippen molar-refractivity contribution in [1.82, 2.24) is 9.78 Å². The Kier molecular flexibility index (Phi) is 4.94. The number of para-hydroxylation sites is 1.